The first kappa shape index (κ1) is 15.0. The molecule has 0 amide bonds. The highest BCUT2D eigenvalue weighted by molar-refractivity contribution is 5.73. The van der Waals surface area contributed by atoms with Crippen molar-refractivity contribution in [1.82, 2.24) is 4.90 Å². The van der Waals surface area contributed by atoms with Gasteiger partial charge < -0.3 is 14.4 Å². The normalized spacial score (nSPS) is 22.3. The van der Waals surface area contributed by atoms with Gasteiger partial charge in [0, 0.05) is 13.1 Å². The molecule has 2 atom stereocenters. The number of piperidine rings is 1. The van der Waals surface area contributed by atoms with E-state index in [1.54, 1.807) is 0 Å². The second-order valence-corrected chi connectivity index (χ2v) is 4.77. The number of nitrogens with zero attached hydrogens (tertiary/aromatic N) is 1. The molecule has 1 heterocycles. The summed E-state index contributed by atoms with van der Waals surface area (Å²) in [5.74, 6) is -0.527. The van der Waals surface area contributed by atoms with E-state index in [4.69, 9.17) is 9.47 Å². The Morgan fingerprint density at radius 3 is 2.78 bits per heavy atom. The van der Waals surface area contributed by atoms with Gasteiger partial charge in [0.05, 0.1) is 25.6 Å². The molecule has 5 heteroatoms. The van der Waals surface area contributed by atoms with Crippen LogP contribution in [0, 0.1) is 11.8 Å². The minimum absolute atomic E-state index is 0.0523. The van der Waals surface area contributed by atoms with E-state index in [-0.39, 0.29) is 23.8 Å². The average molecular weight is 257 g/mol. The number of rotatable bonds is 5. The van der Waals surface area contributed by atoms with Gasteiger partial charge in [0.15, 0.2) is 0 Å². The maximum Gasteiger partial charge on any atom is 0.310 e. The third-order valence-corrected chi connectivity index (χ3v) is 3.26. The highest BCUT2D eigenvalue weighted by Crippen LogP contribution is 2.19. The molecule has 0 aliphatic carbocycles. The van der Waals surface area contributed by atoms with Crippen molar-refractivity contribution in [3.63, 3.8) is 0 Å². The molecule has 0 N–H and O–H groups in total. The topological polar surface area (TPSA) is 55.8 Å². The van der Waals surface area contributed by atoms with E-state index >= 15 is 0 Å². The largest absolute Gasteiger partial charge is 0.469 e. The number of esters is 2. The maximum absolute atomic E-state index is 11.7. The van der Waals surface area contributed by atoms with Crippen molar-refractivity contribution in [2.24, 2.45) is 11.8 Å². The molecule has 104 valence electrons. The smallest absolute Gasteiger partial charge is 0.310 e. The van der Waals surface area contributed by atoms with Gasteiger partial charge in [-0.25, -0.2) is 0 Å². The number of ether oxygens (including phenoxy) is 2. The molecule has 1 fully saturated rings. The molecule has 0 spiro atoms. The number of carbonyl (C=O) groups is 2. The first-order chi connectivity index (χ1) is 8.58. The zero-order valence-corrected chi connectivity index (χ0v) is 11.5. The predicted molar refractivity (Wildman–Crippen MR) is 67.0 cm³/mol. The third kappa shape index (κ3) is 4.29. The van der Waals surface area contributed by atoms with E-state index in [0.29, 0.717) is 19.7 Å². The Labute approximate surface area is 108 Å². The zero-order valence-electron chi connectivity index (χ0n) is 11.5. The van der Waals surface area contributed by atoms with E-state index in [1.807, 2.05) is 13.8 Å². The molecule has 18 heavy (non-hydrogen) atoms. The van der Waals surface area contributed by atoms with Crippen LogP contribution in [0.1, 0.15) is 26.7 Å². The van der Waals surface area contributed by atoms with Crippen molar-refractivity contribution in [2.75, 3.05) is 33.4 Å². The van der Waals surface area contributed by atoms with Crippen molar-refractivity contribution in [3.8, 4) is 0 Å². The van der Waals surface area contributed by atoms with Crippen molar-refractivity contribution >= 4 is 11.9 Å². The van der Waals surface area contributed by atoms with E-state index in [1.165, 1.54) is 7.11 Å². The summed E-state index contributed by atoms with van der Waals surface area (Å²) < 4.78 is 9.76. The number of likely N-dealkylation sites (tertiary alicyclic amines) is 1. The molecule has 0 saturated carbocycles. The minimum atomic E-state index is -0.201. The van der Waals surface area contributed by atoms with Crippen LogP contribution in [-0.2, 0) is 19.1 Å². The lowest BCUT2D eigenvalue weighted by Gasteiger charge is -2.32. The third-order valence-electron chi connectivity index (χ3n) is 3.26. The summed E-state index contributed by atoms with van der Waals surface area (Å²) in [7, 11) is 1.40. The molecule has 0 radical (unpaired) electrons. The van der Waals surface area contributed by atoms with Gasteiger partial charge in [0.2, 0.25) is 0 Å². The molecular formula is C13H23NO4. The number of methoxy groups -OCH3 is 1. The molecule has 0 aromatic heterocycles. The van der Waals surface area contributed by atoms with E-state index in [2.05, 4.69) is 4.90 Å². The van der Waals surface area contributed by atoms with Crippen LogP contribution in [0.25, 0.3) is 0 Å². The molecular weight excluding hydrogens is 234 g/mol. The van der Waals surface area contributed by atoms with Crippen LogP contribution in [-0.4, -0.2) is 50.2 Å². The molecule has 1 unspecified atom stereocenters. The molecule has 5 nitrogen and oxygen atoms in total. The molecule has 0 aromatic carbocycles. The Morgan fingerprint density at radius 1 is 1.44 bits per heavy atom. The Balaban J connectivity index is 2.43. The quantitative estimate of drug-likeness (QED) is 0.690. The lowest BCUT2D eigenvalue weighted by molar-refractivity contribution is -0.150. The maximum atomic E-state index is 11.7. The highest BCUT2D eigenvalue weighted by Gasteiger charge is 2.28. The Morgan fingerprint density at radius 2 is 2.17 bits per heavy atom. The van der Waals surface area contributed by atoms with E-state index in [9.17, 15) is 9.59 Å². The first-order valence-electron chi connectivity index (χ1n) is 6.55. The van der Waals surface area contributed by atoms with Crippen LogP contribution >= 0.6 is 0 Å². The summed E-state index contributed by atoms with van der Waals surface area (Å²) in [6.07, 6.45) is 1.85. The van der Waals surface area contributed by atoms with Crippen LogP contribution in [0.15, 0.2) is 0 Å². The minimum Gasteiger partial charge on any atom is -0.469 e. The predicted octanol–water partition coefficient (Wildman–Crippen LogP) is 1.07. The summed E-state index contributed by atoms with van der Waals surface area (Å²) >= 11 is 0. The van der Waals surface area contributed by atoms with Gasteiger partial charge in [-0.15, -0.1) is 0 Å². The second kappa shape index (κ2) is 7.36. The van der Waals surface area contributed by atoms with Crippen LogP contribution in [0.4, 0.5) is 0 Å². The zero-order chi connectivity index (χ0) is 13.5. The van der Waals surface area contributed by atoms with Gasteiger partial charge in [-0.2, -0.15) is 0 Å². The van der Waals surface area contributed by atoms with Crippen molar-refractivity contribution < 1.29 is 19.1 Å². The van der Waals surface area contributed by atoms with Crippen LogP contribution in [0.3, 0.4) is 0 Å². The summed E-state index contributed by atoms with van der Waals surface area (Å²) in [6, 6.07) is 0. The summed E-state index contributed by atoms with van der Waals surface area (Å²) in [5, 5.41) is 0. The molecule has 1 saturated heterocycles. The standard InChI is InChI=1S/C13H23NO4/c1-4-18-13(16)11-6-5-7-14(9-11)8-10(2)12(15)17-3/h10-11H,4-9H2,1-3H3/t10?,11-/m0/s1. The summed E-state index contributed by atoms with van der Waals surface area (Å²) in [6.45, 7) is 6.34. The van der Waals surface area contributed by atoms with Crippen LogP contribution in [0.5, 0.6) is 0 Å². The molecule has 0 aromatic rings. The average Bonchev–Trinajstić information content (AvgIpc) is 2.38. The van der Waals surface area contributed by atoms with Gasteiger partial charge in [-0.3, -0.25) is 9.59 Å². The van der Waals surface area contributed by atoms with Crippen LogP contribution in [0.2, 0.25) is 0 Å². The van der Waals surface area contributed by atoms with Crippen molar-refractivity contribution in [3.05, 3.63) is 0 Å². The van der Waals surface area contributed by atoms with Gasteiger partial charge in [0.25, 0.3) is 0 Å². The van der Waals surface area contributed by atoms with Gasteiger partial charge in [-0.1, -0.05) is 6.92 Å². The number of hydrogen-bond donors (Lipinski definition) is 0. The van der Waals surface area contributed by atoms with Crippen molar-refractivity contribution in [1.29, 1.82) is 0 Å². The molecule has 1 aliphatic heterocycles. The van der Waals surface area contributed by atoms with Crippen molar-refractivity contribution in [2.45, 2.75) is 26.7 Å². The Hall–Kier alpha value is -1.10. The molecule has 1 aliphatic rings. The number of hydrogen-bond acceptors (Lipinski definition) is 5. The Kier molecular flexibility index (Phi) is 6.12. The number of carbonyl (C=O) groups excluding carboxylic acids is 2. The summed E-state index contributed by atoms with van der Waals surface area (Å²) in [4.78, 5) is 25.2. The molecule has 1 rings (SSSR count). The van der Waals surface area contributed by atoms with Gasteiger partial charge in [0.1, 0.15) is 0 Å². The monoisotopic (exact) mass is 257 g/mol. The van der Waals surface area contributed by atoms with E-state index < -0.39 is 0 Å². The fourth-order valence-electron chi connectivity index (χ4n) is 2.34. The van der Waals surface area contributed by atoms with Gasteiger partial charge in [-0.05, 0) is 26.3 Å². The van der Waals surface area contributed by atoms with E-state index in [0.717, 1.165) is 19.4 Å². The SMILES string of the molecule is CCOC(=O)[C@H]1CCCN(CC(C)C(=O)OC)C1. The molecule has 0 bridgehead atoms. The first-order valence-corrected chi connectivity index (χ1v) is 6.55. The summed E-state index contributed by atoms with van der Waals surface area (Å²) in [5.41, 5.74) is 0. The van der Waals surface area contributed by atoms with Gasteiger partial charge >= 0.3 is 11.9 Å². The lowest BCUT2D eigenvalue weighted by atomic mass is 9.97. The lowest BCUT2D eigenvalue weighted by Crippen LogP contribution is -2.42. The highest BCUT2D eigenvalue weighted by atomic mass is 16.5. The Bertz CT molecular complexity index is 293. The second-order valence-electron chi connectivity index (χ2n) is 4.77. The fraction of sp³-hybridized carbons (Fsp3) is 0.846. The van der Waals surface area contributed by atoms with Crippen LogP contribution < -0.4 is 0 Å². The fourth-order valence-corrected chi connectivity index (χ4v) is 2.34.